The molecule has 0 atom stereocenters. The first-order valence-electron chi connectivity index (χ1n) is 9.37. The fourth-order valence-electron chi connectivity index (χ4n) is 4.25. The largest absolute Gasteiger partial charge is 0.352 e. The molecule has 6 rings (SSSR count). The van der Waals surface area contributed by atoms with Crippen molar-refractivity contribution in [1.29, 1.82) is 0 Å². The molecule has 3 aromatic heterocycles. The molecule has 1 aliphatic heterocycles. The Hall–Kier alpha value is -3.67. The number of benzene rings is 2. The lowest BCUT2D eigenvalue weighted by molar-refractivity contribution is 0.652. The van der Waals surface area contributed by atoms with Gasteiger partial charge in [-0.3, -0.25) is 9.36 Å². The van der Waals surface area contributed by atoms with Gasteiger partial charge in [-0.2, -0.15) is 5.10 Å². The maximum absolute atomic E-state index is 13.2. The van der Waals surface area contributed by atoms with Crippen molar-refractivity contribution >= 4 is 21.9 Å². The summed E-state index contributed by atoms with van der Waals surface area (Å²) in [5.41, 5.74) is 5.80. The molecule has 0 amide bonds. The van der Waals surface area contributed by atoms with E-state index in [4.69, 9.17) is 4.98 Å². The summed E-state index contributed by atoms with van der Waals surface area (Å²) >= 11 is 0. The van der Waals surface area contributed by atoms with Crippen LogP contribution >= 0.6 is 0 Å². The molecule has 0 fully saturated rings. The highest BCUT2D eigenvalue weighted by atomic mass is 16.1. The van der Waals surface area contributed by atoms with Crippen LogP contribution in [0.5, 0.6) is 0 Å². The number of H-pyrrole nitrogens is 1. The van der Waals surface area contributed by atoms with E-state index in [1.54, 1.807) is 15.4 Å². The van der Waals surface area contributed by atoms with E-state index in [1.807, 2.05) is 43.3 Å². The summed E-state index contributed by atoms with van der Waals surface area (Å²) in [6.07, 6.45) is 2.44. The molecule has 0 saturated heterocycles. The Bertz CT molecular complexity index is 1450. The molecule has 6 heteroatoms. The highest BCUT2D eigenvalue weighted by Crippen LogP contribution is 2.33. The van der Waals surface area contributed by atoms with Gasteiger partial charge in [0.2, 0.25) is 0 Å². The Morgan fingerprint density at radius 2 is 1.86 bits per heavy atom. The molecule has 2 aromatic carbocycles. The highest BCUT2D eigenvalue weighted by Gasteiger charge is 2.25. The van der Waals surface area contributed by atoms with E-state index in [0.29, 0.717) is 23.4 Å². The SMILES string of the molecule is Cc1ccccc1-n1ncc2c(=O)n3c(nc21)-c1[nH]c2ccccc2c1CC3. The van der Waals surface area contributed by atoms with E-state index < -0.39 is 0 Å². The summed E-state index contributed by atoms with van der Waals surface area (Å²) in [6, 6.07) is 16.2. The zero-order valence-electron chi connectivity index (χ0n) is 15.3. The molecular formula is C22H17N5O. The number of nitrogens with one attached hydrogen (secondary N) is 1. The lowest BCUT2D eigenvalue weighted by Crippen LogP contribution is -2.27. The molecule has 0 spiro atoms. The van der Waals surface area contributed by atoms with Crippen LogP contribution in [0.4, 0.5) is 0 Å². The van der Waals surface area contributed by atoms with Crippen molar-refractivity contribution in [2.75, 3.05) is 0 Å². The zero-order chi connectivity index (χ0) is 18.8. The Balaban J connectivity index is 1.69. The molecule has 4 heterocycles. The van der Waals surface area contributed by atoms with Crippen molar-refractivity contribution in [3.63, 3.8) is 0 Å². The fraction of sp³-hybridized carbons (Fsp3) is 0.136. The minimum atomic E-state index is -0.0378. The second kappa shape index (κ2) is 5.42. The summed E-state index contributed by atoms with van der Waals surface area (Å²) in [4.78, 5) is 21.6. The third kappa shape index (κ3) is 1.94. The molecule has 0 saturated carbocycles. The minimum absolute atomic E-state index is 0.0378. The number of aryl methyl sites for hydroxylation is 2. The van der Waals surface area contributed by atoms with Crippen molar-refractivity contribution in [3.8, 4) is 17.2 Å². The van der Waals surface area contributed by atoms with Crippen molar-refractivity contribution in [3.05, 3.63) is 76.2 Å². The lowest BCUT2D eigenvalue weighted by atomic mass is 10.0. The summed E-state index contributed by atoms with van der Waals surface area (Å²) in [7, 11) is 0. The Labute approximate surface area is 160 Å². The number of fused-ring (bicyclic) bond motifs is 6. The van der Waals surface area contributed by atoms with Crippen molar-refractivity contribution in [1.82, 2.24) is 24.3 Å². The normalized spacial score (nSPS) is 13.0. The van der Waals surface area contributed by atoms with E-state index in [1.165, 1.54) is 10.9 Å². The topological polar surface area (TPSA) is 68.5 Å². The number of hydrogen-bond acceptors (Lipinski definition) is 3. The average molecular weight is 367 g/mol. The van der Waals surface area contributed by atoms with Crippen LogP contribution in [-0.4, -0.2) is 24.3 Å². The van der Waals surface area contributed by atoms with Gasteiger partial charge in [-0.05, 0) is 36.6 Å². The maximum atomic E-state index is 13.2. The number of rotatable bonds is 1. The van der Waals surface area contributed by atoms with E-state index in [2.05, 4.69) is 22.2 Å². The van der Waals surface area contributed by atoms with Gasteiger partial charge in [0.25, 0.3) is 5.56 Å². The Morgan fingerprint density at radius 1 is 1.04 bits per heavy atom. The van der Waals surface area contributed by atoms with Gasteiger partial charge in [0.1, 0.15) is 5.39 Å². The van der Waals surface area contributed by atoms with E-state index in [0.717, 1.165) is 28.9 Å². The van der Waals surface area contributed by atoms with Crippen molar-refractivity contribution in [2.24, 2.45) is 0 Å². The molecule has 136 valence electrons. The highest BCUT2D eigenvalue weighted by molar-refractivity contribution is 5.91. The number of aromatic nitrogens is 5. The van der Waals surface area contributed by atoms with Crippen LogP contribution in [0.25, 0.3) is 39.1 Å². The van der Waals surface area contributed by atoms with E-state index >= 15 is 0 Å². The lowest BCUT2D eigenvalue weighted by Gasteiger charge is -2.18. The molecule has 0 unspecified atom stereocenters. The summed E-state index contributed by atoms with van der Waals surface area (Å²) in [6.45, 7) is 2.66. The molecule has 5 aromatic rings. The monoisotopic (exact) mass is 367 g/mol. The molecule has 1 aliphatic rings. The number of nitrogens with zero attached hydrogens (tertiary/aromatic N) is 4. The van der Waals surface area contributed by atoms with Gasteiger partial charge in [0, 0.05) is 17.4 Å². The van der Waals surface area contributed by atoms with Crippen LogP contribution < -0.4 is 5.56 Å². The maximum Gasteiger partial charge on any atom is 0.264 e. The summed E-state index contributed by atoms with van der Waals surface area (Å²) < 4.78 is 3.54. The van der Waals surface area contributed by atoms with Crippen LogP contribution in [0, 0.1) is 6.92 Å². The minimum Gasteiger partial charge on any atom is -0.352 e. The first-order chi connectivity index (χ1) is 13.7. The fourth-order valence-corrected chi connectivity index (χ4v) is 4.25. The average Bonchev–Trinajstić information content (AvgIpc) is 3.30. The standard InChI is InChI=1S/C22H17N5O/c1-13-6-2-5-9-18(13)27-20-16(12-23-27)22(28)26-11-10-15-14-7-3-4-8-17(14)24-19(15)21(26)25-20/h2-9,12,24H,10-11H2,1H3. The van der Waals surface area contributed by atoms with Crippen molar-refractivity contribution < 1.29 is 0 Å². The Morgan fingerprint density at radius 3 is 2.75 bits per heavy atom. The van der Waals surface area contributed by atoms with Gasteiger partial charge in [0.05, 0.1) is 17.6 Å². The third-order valence-corrected chi connectivity index (χ3v) is 5.65. The first kappa shape index (κ1) is 15.4. The van der Waals surface area contributed by atoms with Crippen LogP contribution in [0.3, 0.4) is 0 Å². The third-order valence-electron chi connectivity index (χ3n) is 5.65. The molecule has 0 bridgehead atoms. The molecule has 0 radical (unpaired) electrons. The first-order valence-corrected chi connectivity index (χ1v) is 9.37. The molecular weight excluding hydrogens is 350 g/mol. The van der Waals surface area contributed by atoms with Gasteiger partial charge in [-0.25, -0.2) is 9.67 Å². The number of aromatic amines is 1. The molecule has 0 aliphatic carbocycles. The predicted molar refractivity (Wildman–Crippen MR) is 109 cm³/mol. The van der Waals surface area contributed by atoms with Gasteiger partial charge in [-0.15, -0.1) is 0 Å². The molecule has 28 heavy (non-hydrogen) atoms. The number of para-hydroxylation sites is 2. The van der Waals surface area contributed by atoms with Crippen LogP contribution in [-0.2, 0) is 13.0 Å². The van der Waals surface area contributed by atoms with Gasteiger partial charge >= 0.3 is 0 Å². The quantitative estimate of drug-likeness (QED) is 0.492. The summed E-state index contributed by atoms with van der Waals surface area (Å²) in [5, 5.41) is 6.24. The van der Waals surface area contributed by atoms with Crippen LogP contribution in [0.2, 0.25) is 0 Å². The van der Waals surface area contributed by atoms with Crippen LogP contribution in [0.15, 0.2) is 59.5 Å². The molecule has 6 nitrogen and oxygen atoms in total. The predicted octanol–water partition coefficient (Wildman–Crippen LogP) is 3.60. The smallest absolute Gasteiger partial charge is 0.264 e. The number of hydrogen-bond donors (Lipinski definition) is 1. The second-order valence-electron chi connectivity index (χ2n) is 7.25. The van der Waals surface area contributed by atoms with Crippen molar-refractivity contribution in [2.45, 2.75) is 19.9 Å². The molecule has 1 N–H and O–H groups in total. The van der Waals surface area contributed by atoms with E-state index in [9.17, 15) is 4.79 Å². The van der Waals surface area contributed by atoms with Gasteiger partial charge in [-0.1, -0.05) is 36.4 Å². The summed E-state index contributed by atoms with van der Waals surface area (Å²) in [5.74, 6) is 0.685. The second-order valence-corrected chi connectivity index (χ2v) is 7.25. The Kier molecular flexibility index (Phi) is 2.98. The zero-order valence-corrected chi connectivity index (χ0v) is 15.3. The van der Waals surface area contributed by atoms with Gasteiger partial charge < -0.3 is 4.98 Å². The van der Waals surface area contributed by atoms with Gasteiger partial charge in [0.15, 0.2) is 11.5 Å². The van der Waals surface area contributed by atoms with E-state index in [-0.39, 0.29) is 5.56 Å². The van der Waals surface area contributed by atoms with Crippen LogP contribution in [0.1, 0.15) is 11.1 Å².